The van der Waals surface area contributed by atoms with E-state index < -0.39 is 15.9 Å². The monoisotopic (exact) mass is 533 g/mol. The van der Waals surface area contributed by atoms with Crippen molar-refractivity contribution in [1.82, 2.24) is 5.32 Å². The van der Waals surface area contributed by atoms with E-state index in [4.69, 9.17) is 11.6 Å². The molecule has 0 fully saturated rings. The first-order valence-corrected chi connectivity index (χ1v) is 13.3. The van der Waals surface area contributed by atoms with Crippen molar-refractivity contribution >= 4 is 44.8 Å². The van der Waals surface area contributed by atoms with E-state index in [-0.39, 0.29) is 27.1 Å². The van der Waals surface area contributed by atoms with Gasteiger partial charge >= 0.3 is 0 Å². The van der Waals surface area contributed by atoms with Crippen LogP contribution in [0.5, 0.6) is 0 Å². The molecule has 0 radical (unpaired) electrons. The van der Waals surface area contributed by atoms with Gasteiger partial charge < -0.3 is 10.6 Å². The van der Waals surface area contributed by atoms with Gasteiger partial charge in [0.2, 0.25) is 0 Å². The lowest BCUT2D eigenvalue weighted by Crippen LogP contribution is -2.27. The molecule has 0 saturated carbocycles. The Morgan fingerprint density at radius 3 is 2.08 bits per heavy atom. The molecule has 4 rings (SSSR count). The number of hydrogen-bond acceptors (Lipinski definition) is 4. The maximum atomic E-state index is 12.9. The van der Waals surface area contributed by atoms with Crippen LogP contribution in [0.25, 0.3) is 0 Å². The molecule has 3 N–H and O–H groups in total. The molecule has 4 aromatic rings. The second-order valence-corrected chi connectivity index (χ2v) is 10.2. The Morgan fingerprint density at radius 1 is 0.730 bits per heavy atom. The summed E-state index contributed by atoms with van der Waals surface area (Å²) >= 11 is 6.29. The van der Waals surface area contributed by atoms with Crippen molar-refractivity contribution in [1.29, 1.82) is 0 Å². The van der Waals surface area contributed by atoms with Gasteiger partial charge in [0.1, 0.15) is 0 Å². The van der Waals surface area contributed by atoms with Gasteiger partial charge in [-0.05, 0) is 54.4 Å². The smallest absolute Gasteiger partial charge is 0.261 e. The highest BCUT2D eigenvalue weighted by molar-refractivity contribution is 7.92. The molecule has 188 valence electrons. The first-order valence-electron chi connectivity index (χ1n) is 11.4. The Kier molecular flexibility index (Phi) is 8.22. The summed E-state index contributed by atoms with van der Waals surface area (Å²) in [6, 6.07) is 28.6. The second kappa shape index (κ2) is 11.7. The minimum atomic E-state index is -3.84. The SMILES string of the molecule is O=C(Nc1ccccc1C(=O)NCCc1ccccc1)c1ccc(NS(=O)(=O)c2ccccc2)c(Cl)c1. The van der Waals surface area contributed by atoms with Gasteiger partial charge in [-0.1, -0.05) is 72.3 Å². The Morgan fingerprint density at radius 2 is 1.38 bits per heavy atom. The van der Waals surface area contributed by atoms with Crippen molar-refractivity contribution < 1.29 is 18.0 Å². The standard InChI is InChI=1S/C28H24ClN3O4S/c29-24-19-21(15-16-26(24)32-37(35,36)22-11-5-2-6-12-22)27(33)31-25-14-8-7-13-23(25)28(34)30-18-17-20-9-3-1-4-10-20/h1-16,19,32H,17-18H2,(H,30,34)(H,31,33). The predicted molar refractivity (Wildman–Crippen MR) is 146 cm³/mol. The van der Waals surface area contributed by atoms with Gasteiger partial charge in [0.25, 0.3) is 21.8 Å². The summed E-state index contributed by atoms with van der Waals surface area (Å²) in [6.07, 6.45) is 0.681. The molecule has 9 heteroatoms. The fraction of sp³-hybridized carbons (Fsp3) is 0.0714. The number of para-hydroxylation sites is 1. The minimum Gasteiger partial charge on any atom is -0.352 e. The molecule has 0 aliphatic heterocycles. The van der Waals surface area contributed by atoms with Gasteiger partial charge in [-0.15, -0.1) is 0 Å². The van der Waals surface area contributed by atoms with Crippen molar-refractivity contribution in [3.05, 3.63) is 125 Å². The summed E-state index contributed by atoms with van der Waals surface area (Å²) < 4.78 is 27.6. The number of carbonyl (C=O) groups excluding carboxylic acids is 2. The van der Waals surface area contributed by atoms with Crippen LogP contribution >= 0.6 is 11.6 Å². The first-order chi connectivity index (χ1) is 17.8. The number of anilines is 2. The summed E-state index contributed by atoms with van der Waals surface area (Å²) in [5.41, 5.74) is 2.11. The maximum Gasteiger partial charge on any atom is 0.261 e. The third kappa shape index (κ3) is 6.75. The molecule has 2 amide bonds. The summed E-state index contributed by atoms with van der Waals surface area (Å²) in [5, 5.41) is 5.67. The van der Waals surface area contributed by atoms with E-state index in [0.717, 1.165) is 5.56 Å². The highest BCUT2D eigenvalue weighted by atomic mass is 35.5. The number of rotatable bonds is 9. The van der Waals surface area contributed by atoms with Crippen LogP contribution in [0.4, 0.5) is 11.4 Å². The zero-order valence-electron chi connectivity index (χ0n) is 19.6. The topological polar surface area (TPSA) is 104 Å². The Balaban J connectivity index is 1.43. The molecule has 0 aromatic heterocycles. The van der Waals surface area contributed by atoms with E-state index in [1.807, 2.05) is 30.3 Å². The Hall–Kier alpha value is -4.14. The van der Waals surface area contributed by atoms with E-state index in [1.165, 1.54) is 30.3 Å². The van der Waals surface area contributed by atoms with Crippen LogP contribution in [0.15, 0.2) is 108 Å². The van der Waals surface area contributed by atoms with E-state index >= 15 is 0 Å². The number of halogens is 1. The molecule has 0 aliphatic rings. The van der Waals surface area contributed by atoms with Crippen molar-refractivity contribution in [2.24, 2.45) is 0 Å². The lowest BCUT2D eigenvalue weighted by molar-refractivity contribution is 0.0955. The zero-order valence-corrected chi connectivity index (χ0v) is 21.2. The number of nitrogens with one attached hydrogen (secondary N) is 3. The van der Waals surface area contributed by atoms with Gasteiger partial charge in [0.15, 0.2) is 0 Å². The van der Waals surface area contributed by atoms with Crippen LogP contribution in [0.2, 0.25) is 5.02 Å². The number of amides is 2. The Labute approximate surface area is 220 Å². The molecule has 0 saturated heterocycles. The van der Waals surface area contributed by atoms with Gasteiger partial charge in [-0.3, -0.25) is 14.3 Å². The molecule has 0 spiro atoms. The van der Waals surface area contributed by atoms with Gasteiger partial charge in [0.05, 0.1) is 26.9 Å². The first kappa shape index (κ1) is 25.9. The third-order valence-electron chi connectivity index (χ3n) is 5.49. The number of hydrogen-bond donors (Lipinski definition) is 3. The molecular formula is C28H24ClN3O4S. The van der Waals surface area contributed by atoms with Gasteiger partial charge in [-0.25, -0.2) is 8.42 Å². The van der Waals surface area contributed by atoms with E-state index in [0.29, 0.717) is 24.2 Å². The number of benzene rings is 4. The minimum absolute atomic E-state index is 0.0547. The fourth-order valence-electron chi connectivity index (χ4n) is 3.59. The Bertz CT molecular complexity index is 1510. The second-order valence-electron chi connectivity index (χ2n) is 8.10. The van der Waals surface area contributed by atoms with Gasteiger partial charge in [-0.2, -0.15) is 0 Å². The maximum absolute atomic E-state index is 12.9. The zero-order chi connectivity index (χ0) is 26.3. The third-order valence-corrected chi connectivity index (χ3v) is 7.19. The molecule has 0 unspecified atom stereocenters. The molecule has 7 nitrogen and oxygen atoms in total. The number of sulfonamides is 1. The highest BCUT2D eigenvalue weighted by Crippen LogP contribution is 2.26. The molecule has 0 bridgehead atoms. The summed E-state index contributed by atoms with van der Waals surface area (Å²) in [5.74, 6) is -0.806. The highest BCUT2D eigenvalue weighted by Gasteiger charge is 2.18. The molecule has 0 atom stereocenters. The van der Waals surface area contributed by atoms with Crippen molar-refractivity contribution in [3.63, 3.8) is 0 Å². The van der Waals surface area contributed by atoms with Crippen LogP contribution in [-0.2, 0) is 16.4 Å². The van der Waals surface area contributed by atoms with Crippen molar-refractivity contribution in [2.45, 2.75) is 11.3 Å². The van der Waals surface area contributed by atoms with E-state index in [1.54, 1.807) is 42.5 Å². The average Bonchev–Trinajstić information content (AvgIpc) is 2.91. The van der Waals surface area contributed by atoms with Gasteiger partial charge in [0, 0.05) is 12.1 Å². The van der Waals surface area contributed by atoms with Crippen molar-refractivity contribution in [3.8, 4) is 0 Å². The number of carbonyl (C=O) groups is 2. The molecule has 37 heavy (non-hydrogen) atoms. The summed E-state index contributed by atoms with van der Waals surface area (Å²) in [4.78, 5) is 25.8. The van der Waals surface area contributed by atoms with E-state index in [9.17, 15) is 18.0 Å². The summed E-state index contributed by atoms with van der Waals surface area (Å²) in [6.45, 7) is 0.446. The average molecular weight is 534 g/mol. The summed E-state index contributed by atoms with van der Waals surface area (Å²) in [7, 11) is -3.84. The van der Waals surface area contributed by atoms with Crippen molar-refractivity contribution in [2.75, 3.05) is 16.6 Å². The van der Waals surface area contributed by atoms with Crippen LogP contribution in [0.1, 0.15) is 26.3 Å². The molecule has 4 aromatic carbocycles. The molecular weight excluding hydrogens is 510 g/mol. The lowest BCUT2D eigenvalue weighted by Gasteiger charge is -2.13. The van der Waals surface area contributed by atoms with Crippen LogP contribution in [0.3, 0.4) is 0 Å². The normalized spacial score (nSPS) is 10.9. The van der Waals surface area contributed by atoms with Crippen LogP contribution in [0, 0.1) is 0 Å². The fourth-order valence-corrected chi connectivity index (χ4v) is 4.97. The molecule has 0 aliphatic carbocycles. The van der Waals surface area contributed by atoms with Crippen LogP contribution in [-0.4, -0.2) is 26.8 Å². The van der Waals surface area contributed by atoms with E-state index in [2.05, 4.69) is 15.4 Å². The predicted octanol–water partition coefficient (Wildman–Crippen LogP) is 5.37. The molecule has 0 heterocycles. The quantitative estimate of drug-likeness (QED) is 0.269. The lowest BCUT2D eigenvalue weighted by atomic mass is 10.1. The van der Waals surface area contributed by atoms with Crippen LogP contribution < -0.4 is 15.4 Å². The largest absolute Gasteiger partial charge is 0.352 e.